The van der Waals surface area contributed by atoms with Crippen molar-refractivity contribution in [3.05, 3.63) is 52.2 Å². The molecule has 0 unspecified atom stereocenters. The van der Waals surface area contributed by atoms with Crippen LogP contribution in [0.3, 0.4) is 0 Å². The van der Waals surface area contributed by atoms with Gasteiger partial charge in [0.1, 0.15) is 11.4 Å². The molecule has 0 fully saturated rings. The topological polar surface area (TPSA) is 77.2 Å². The number of aryl methyl sites for hydroxylation is 1. The molecule has 2 aromatic heterocycles. The predicted molar refractivity (Wildman–Crippen MR) is 94.0 cm³/mol. The molecule has 6 nitrogen and oxygen atoms in total. The fraction of sp³-hybridized carbons (Fsp3) is 0.235. The van der Waals surface area contributed by atoms with Crippen LogP contribution in [0.25, 0.3) is 11.0 Å². The summed E-state index contributed by atoms with van der Waals surface area (Å²) in [6.45, 7) is 4.43. The molecule has 24 heavy (non-hydrogen) atoms. The second-order valence-corrected chi connectivity index (χ2v) is 6.07. The van der Waals surface area contributed by atoms with Gasteiger partial charge in [-0.2, -0.15) is 0 Å². The standard InChI is InChI=1S/C17H16BrN3O3/c1-3-23-17(22)16-10(2)13-6-12(4-5-14(13)24-16)19-9-15-20-7-11(18)8-21-15/h4-8,19H,3,9H2,1-2H3. The van der Waals surface area contributed by atoms with Crippen molar-refractivity contribution in [3.63, 3.8) is 0 Å². The van der Waals surface area contributed by atoms with Crippen LogP contribution in [-0.4, -0.2) is 22.5 Å². The van der Waals surface area contributed by atoms with E-state index >= 15 is 0 Å². The van der Waals surface area contributed by atoms with E-state index in [1.165, 1.54) is 0 Å². The van der Waals surface area contributed by atoms with Crippen molar-refractivity contribution in [2.75, 3.05) is 11.9 Å². The van der Waals surface area contributed by atoms with Crippen molar-refractivity contribution >= 4 is 38.6 Å². The van der Waals surface area contributed by atoms with Crippen LogP contribution in [0.1, 0.15) is 28.9 Å². The number of hydrogen-bond acceptors (Lipinski definition) is 6. The monoisotopic (exact) mass is 389 g/mol. The third-order valence-electron chi connectivity index (χ3n) is 3.52. The molecule has 0 aliphatic heterocycles. The molecule has 0 saturated carbocycles. The lowest BCUT2D eigenvalue weighted by molar-refractivity contribution is 0.0491. The Bertz CT molecular complexity index is 875. The van der Waals surface area contributed by atoms with Gasteiger partial charge in [-0.05, 0) is 48.0 Å². The highest BCUT2D eigenvalue weighted by Gasteiger charge is 2.18. The highest BCUT2D eigenvalue weighted by Crippen LogP contribution is 2.28. The van der Waals surface area contributed by atoms with Crippen molar-refractivity contribution in [2.24, 2.45) is 0 Å². The second kappa shape index (κ2) is 7.00. The maximum absolute atomic E-state index is 11.9. The Morgan fingerprint density at radius 3 is 2.79 bits per heavy atom. The van der Waals surface area contributed by atoms with Gasteiger partial charge in [-0.25, -0.2) is 14.8 Å². The number of hydrogen-bond donors (Lipinski definition) is 1. The van der Waals surface area contributed by atoms with Crippen LogP contribution < -0.4 is 5.32 Å². The summed E-state index contributed by atoms with van der Waals surface area (Å²) in [7, 11) is 0. The van der Waals surface area contributed by atoms with E-state index in [9.17, 15) is 4.79 Å². The molecule has 3 rings (SSSR count). The number of benzene rings is 1. The van der Waals surface area contributed by atoms with Crippen LogP contribution in [0, 0.1) is 6.92 Å². The number of carbonyl (C=O) groups excluding carboxylic acids is 1. The number of furan rings is 1. The van der Waals surface area contributed by atoms with Crippen LogP contribution in [0.5, 0.6) is 0 Å². The Kier molecular flexibility index (Phi) is 4.80. The molecule has 7 heteroatoms. The van der Waals surface area contributed by atoms with E-state index in [-0.39, 0.29) is 5.76 Å². The Hall–Kier alpha value is -2.41. The van der Waals surface area contributed by atoms with Crippen LogP contribution in [0.15, 0.2) is 39.5 Å². The first kappa shape index (κ1) is 16.4. The Morgan fingerprint density at radius 1 is 1.33 bits per heavy atom. The van der Waals surface area contributed by atoms with Gasteiger partial charge in [-0.3, -0.25) is 0 Å². The number of halogens is 1. The van der Waals surface area contributed by atoms with Gasteiger partial charge >= 0.3 is 5.97 Å². The van der Waals surface area contributed by atoms with Crippen LogP contribution in [0.2, 0.25) is 0 Å². The Balaban J connectivity index is 1.81. The first-order valence-electron chi connectivity index (χ1n) is 7.49. The van der Waals surface area contributed by atoms with E-state index in [0.29, 0.717) is 24.6 Å². The largest absolute Gasteiger partial charge is 0.460 e. The number of ether oxygens (including phenoxy) is 1. The van der Waals surface area contributed by atoms with Gasteiger partial charge in [-0.1, -0.05) is 0 Å². The SMILES string of the molecule is CCOC(=O)c1oc2ccc(NCc3ncc(Br)cn3)cc2c1C. The number of aromatic nitrogens is 2. The highest BCUT2D eigenvalue weighted by atomic mass is 79.9. The van der Waals surface area contributed by atoms with Crippen molar-refractivity contribution in [2.45, 2.75) is 20.4 Å². The number of fused-ring (bicyclic) bond motifs is 1. The molecule has 0 aliphatic rings. The van der Waals surface area contributed by atoms with E-state index in [0.717, 1.165) is 21.1 Å². The minimum Gasteiger partial charge on any atom is -0.460 e. The van der Waals surface area contributed by atoms with Gasteiger partial charge < -0.3 is 14.5 Å². The lowest BCUT2D eigenvalue weighted by atomic mass is 10.1. The van der Waals surface area contributed by atoms with Crippen LogP contribution in [0.4, 0.5) is 5.69 Å². The summed E-state index contributed by atoms with van der Waals surface area (Å²) in [5.41, 5.74) is 2.32. The molecule has 3 aromatic rings. The summed E-state index contributed by atoms with van der Waals surface area (Å²) in [6.07, 6.45) is 3.41. The van der Waals surface area contributed by atoms with Crippen LogP contribution >= 0.6 is 15.9 Å². The van der Waals surface area contributed by atoms with Gasteiger partial charge in [0.05, 0.1) is 17.6 Å². The van der Waals surface area contributed by atoms with Gasteiger partial charge in [-0.15, -0.1) is 0 Å². The minimum absolute atomic E-state index is 0.250. The first-order chi connectivity index (χ1) is 11.6. The third kappa shape index (κ3) is 3.41. The zero-order chi connectivity index (χ0) is 17.1. The predicted octanol–water partition coefficient (Wildman–Crippen LogP) is 4.08. The number of anilines is 1. The quantitative estimate of drug-likeness (QED) is 0.662. The summed E-state index contributed by atoms with van der Waals surface area (Å²) in [5.74, 6) is 0.499. The molecular weight excluding hydrogens is 374 g/mol. The van der Waals surface area contributed by atoms with Gasteiger partial charge in [0, 0.05) is 29.0 Å². The van der Waals surface area contributed by atoms with Gasteiger partial charge in [0.2, 0.25) is 5.76 Å². The molecule has 0 radical (unpaired) electrons. The molecular formula is C17H16BrN3O3. The van der Waals surface area contributed by atoms with Gasteiger partial charge in [0.25, 0.3) is 0 Å². The molecule has 0 aliphatic carbocycles. The summed E-state index contributed by atoms with van der Waals surface area (Å²) in [4.78, 5) is 20.3. The smallest absolute Gasteiger partial charge is 0.374 e. The number of esters is 1. The van der Waals surface area contributed by atoms with Crippen molar-refractivity contribution in [3.8, 4) is 0 Å². The number of rotatable bonds is 5. The normalized spacial score (nSPS) is 10.8. The maximum Gasteiger partial charge on any atom is 0.374 e. The molecule has 1 N–H and O–H groups in total. The van der Waals surface area contributed by atoms with E-state index in [2.05, 4.69) is 31.2 Å². The van der Waals surface area contributed by atoms with E-state index < -0.39 is 5.97 Å². The van der Waals surface area contributed by atoms with Crippen molar-refractivity contribution in [1.29, 1.82) is 0 Å². The van der Waals surface area contributed by atoms with Crippen LogP contribution in [-0.2, 0) is 11.3 Å². The fourth-order valence-corrected chi connectivity index (χ4v) is 2.54. The number of carbonyl (C=O) groups is 1. The Morgan fingerprint density at radius 2 is 2.08 bits per heavy atom. The average molecular weight is 390 g/mol. The molecule has 0 saturated heterocycles. The molecule has 0 spiro atoms. The summed E-state index contributed by atoms with van der Waals surface area (Å²) in [5, 5.41) is 4.14. The summed E-state index contributed by atoms with van der Waals surface area (Å²) >= 11 is 3.31. The summed E-state index contributed by atoms with van der Waals surface area (Å²) in [6, 6.07) is 5.66. The fourth-order valence-electron chi connectivity index (χ4n) is 2.33. The number of nitrogens with one attached hydrogen (secondary N) is 1. The maximum atomic E-state index is 11.9. The zero-order valence-corrected chi connectivity index (χ0v) is 14.9. The van der Waals surface area contributed by atoms with Gasteiger partial charge in [0.15, 0.2) is 0 Å². The average Bonchev–Trinajstić information content (AvgIpc) is 2.91. The second-order valence-electron chi connectivity index (χ2n) is 5.16. The lowest BCUT2D eigenvalue weighted by Crippen LogP contribution is -2.04. The molecule has 124 valence electrons. The molecule has 2 heterocycles. The van der Waals surface area contributed by atoms with Crippen molar-refractivity contribution < 1.29 is 13.9 Å². The third-order valence-corrected chi connectivity index (χ3v) is 3.93. The minimum atomic E-state index is -0.441. The molecule has 0 atom stereocenters. The van der Waals surface area contributed by atoms with E-state index in [1.54, 1.807) is 19.3 Å². The molecule has 0 amide bonds. The zero-order valence-electron chi connectivity index (χ0n) is 13.3. The Labute approximate surface area is 147 Å². The molecule has 1 aromatic carbocycles. The van der Waals surface area contributed by atoms with Crippen molar-refractivity contribution in [1.82, 2.24) is 9.97 Å². The lowest BCUT2D eigenvalue weighted by Gasteiger charge is -2.05. The first-order valence-corrected chi connectivity index (χ1v) is 8.28. The highest BCUT2D eigenvalue weighted by molar-refractivity contribution is 9.10. The van der Waals surface area contributed by atoms with E-state index in [1.807, 2.05) is 25.1 Å². The molecule has 0 bridgehead atoms. The summed E-state index contributed by atoms with van der Waals surface area (Å²) < 4.78 is 11.5. The number of nitrogens with zero attached hydrogens (tertiary/aromatic N) is 2. The van der Waals surface area contributed by atoms with E-state index in [4.69, 9.17) is 9.15 Å².